The number of halogens is 1. The molecule has 0 radical (unpaired) electrons. The van der Waals surface area contributed by atoms with Crippen LogP contribution < -0.4 is 37.5 Å². The van der Waals surface area contributed by atoms with E-state index in [-0.39, 0.29) is 60.6 Å². The zero-order valence-electron chi connectivity index (χ0n) is 39.5. The fourth-order valence-electron chi connectivity index (χ4n) is 8.79. The normalized spacial score (nSPS) is 16.9. The summed E-state index contributed by atoms with van der Waals surface area (Å²) in [5.41, 5.74) is 18.0. The maximum atomic E-state index is 13.4. The van der Waals surface area contributed by atoms with E-state index in [1.807, 2.05) is 24.8 Å². The molecule has 0 bridgehead atoms. The number of piperidine rings is 2. The van der Waals surface area contributed by atoms with Crippen molar-refractivity contribution in [3.63, 3.8) is 0 Å². The van der Waals surface area contributed by atoms with Crippen LogP contribution >= 0.6 is 23.4 Å². The van der Waals surface area contributed by atoms with Crippen LogP contribution in [-0.4, -0.2) is 102 Å². The lowest BCUT2D eigenvalue weighted by atomic mass is 9.84. The summed E-state index contributed by atoms with van der Waals surface area (Å²) in [4.78, 5) is 84.8. The summed E-state index contributed by atoms with van der Waals surface area (Å²) >= 11 is 8.11. The van der Waals surface area contributed by atoms with Gasteiger partial charge in [0.25, 0.3) is 11.8 Å². The number of rotatable bonds is 20. The number of nitrogens with one attached hydrogen (secondary N) is 4. The standard InChI is InChI=1S/C50H64ClN9O7S/c1-29(2)67-41-27-35(33(26-37(41)53)24-31-14-16-42(68-30(3)4)39(25-31)57-47(54-5)36(51)28-52)32-18-22-59(23-19-32)45(63)13-9-12-43(61)56-21-7-6-20-55-38-11-8-10-34-46(38)50(66)60(49(34)65)40-15-17-44(62)58-48(40)64/h8,10-11,14,16,25-30,32,40,55H,6-7,9,12-13,15,17-24,52-53H2,1-5H3,(H,54,57)(H,56,61)(H,58,62,64)/b36-28+. The van der Waals surface area contributed by atoms with E-state index < -0.39 is 29.7 Å². The second-order valence-corrected chi connectivity index (χ2v) is 19.8. The Morgan fingerprint density at radius 3 is 2.40 bits per heavy atom. The minimum atomic E-state index is -1.03. The molecule has 0 aromatic heterocycles. The number of amides is 6. The van der Waals surface area contributed by atoms with Crippen LogP contribution in [0.3, 0.4) is 0 Å². The largest absolute Gasteiger partial charge is 0.489 e. The van der Waals surface area contributed by atoms with E-state index in [9.17, 15) is 28.8 Å². The van der Waals surface area contributed by atoms with E-state index in [2.05, 4.69) is 64.4 Å². The molecule has 1 unspecified atom stereocenters. The highest BCUT2D eigenvalue weighted by atomic mass is 35.5. The molecule has 6 rings (SSSR count). The summed E-state index contributed by atoms with van der Waals surface area (Å²) in [7, 11) is 1.66. The van der Waals surface area contributed by atoms with Gasteiger partial charge in [0.05, 0.1) is 33.6 Å². The number of aliphatic imine (C=N–C) groups is 1. The minimum absolute atomic E-state index is 0.0375. The summed E-state index contributed by atoms with van der Waals surface area (Å²) in [5.74, 6) is -0.990. The monoisotopic (exact) mass is 969 g/mol. The lowest BCUT2D eigenvalue weighted by Crippen LogP contribution is -2.54. The number of nitrogen functional groups attached to an aromatic ring is 1. The molecule has 1 atom stereocenters. The number of benzene rings is 3. The van der Waals surface area contributed by atoms with Gasteiger partial charge in [-0.05, 0) is 118 Å². The van der Waals surface area contributed by atoms with Crippen molar-refractivity contribution in [2.24, 2.45) is 10.7 Å². The van der Waals surface area contributed by atoms with E-state index >= 15 is 0 Å². The second-order valence-electron chi connectivity index (χ2n) is 17.8. The molecular formula is C50H64ClN9O7S. The molecule has 6 amide bonds. The maximum Gasteiger partial charge on any atom is 0.264 e. The molecule has 2 fully saturated rings. The highest BCUT2D eigenvalue weighted by Crippen LogP contribution is 2.39. The van der Waals surface area contributed by atoms with Gasteiger partial charge in [0, 0.05) is 74.5 Å². The third kappa shape index (κ3) is 12.9. The van der Waals surface area contributed by atoms with Crippen LogP contribution in [0.25, 0.3) is 0 Å². The number of unbranched alkanes of at least 4 members (excludes halogenated alkanes) is 1. The molecule has 0 spiro atoms. The van der Waals surface area contributed by atoms with Gasteiger partial charge in [0.2, 0.25) is 23.6 Å². The second kappa shape index (κ2) is 23.8. The van der Waals surface area contributed by atoms with Crippen molar-refractivity contribution in [3.05, 3.63) is 87.6 Å². The Morgan fingerprint density at radius 1 is 0.956 bits per heavy atom. The van der Waals surface area contributed by atoms with Crippen LogP contribution in [0.15, 0.2) is 69.7 Å². The first-order valence-electron chi connectivity index (χ1n) is 23.4. The first-order chi connectivity index (χ1) is 32.6. The van der Waals surface area contributed by atoms with Crippen molar-refractivity contribution < 1.29 is 33.5 Å². The minimum Gasteiger partial charge on any atom is -0.489 e. The predicted molar refractivity (Wildman–Crippen MR) is 268 cm³/mol. The average Bonchev–Trinajstić information content (AvgIpc) is 3.56. The van der Waals surface area contributed by atoms with Crippen LogP contribution in [0.2, 0.25) is 0 Å². The Hall–Kier alpha value is -6.07. The van der Waals surface area contributed by atoms with E-state index in [0.29, 0.717) is 85.1 Å². The molecule has 364 valence electrons. The number of thioether (sulfide) groups is 1. The van der Waals surface area contributed by atoms with Crippen LogP contribution in [-0.2, 0) is 25.6 Å². The number of amidine groups is 1. The van der Waals surface area contributed by atoms with Crippen molar-refractivity contribution in [3.8, 4) is 5.75 Å². The van der Waals surface area contributed by atoms with Gasteiger partial charge in [0.1, 0.15) is 17.6 Å². The third-order valence-corrected chi connectivity index (χ3v) is 13.5. The number of likely N-dealkylation sites (tertiary alicyclic amines) is 1. The average molecular weight is 971 g/mol. The van der Waals surface area contributed by atoms with Crippen molar-refractivity contribution in [1.82, 2.24) is 20.4 Å². The lowest BCUT2D eigenvalue weighted by molar-refractivity contribution is -0.136. The number of ether oxygens (including phenoxy) is 1. The maximum absolute atomic E-state index is 13.4. The Labute approximate surface area is 407 Å². The number of carbonyl (C=O) groups excluding carboxylic acids is 6. The highest BCUT2D eigenvalue weighted by molar-refractivity contribution is 8.00. The van der Waals surface area contributed by atoms with Crippen LogP contribution in [0.1, 0.15) is 129 Å². The van der Waals surface area contributed by atoms with Crippen LogP contribution in [0.5, 0.6) is 5.75 Å². The van der Waals surface area contributed by atoms with Crippen molar-refractivity contribution in [2.45, 2.75) is 120 Å². The highest BCUT2D eigenvalue weighted by Gasteiger charge is 2.45. The number of nitrogens with two attached hydrogens (primary N) is 2. The first-order valence-corrected chi connectivity index (χ1v) is 24.7. The van der Waals surface area contributed by atoms with Crippen molar-refractivity contribution in [2.75, 3.05) is 49.6 Å². The molecule has 3 aliphatic rings. The first kappa shape index (κ1) is 51.3. The van der Waals surface area contributed by atoms with Crippen molar-refractivity contribution >= 4 is 81.7 Å². The number of nitrogens with zero attached hydrogens (tertiary/aromatic N) is 3. The van der Waals surface area contributed by atoms with E-state index in [1.165, 1.54) is 6.20 Å². The van der Waals surface area contributed by atoms with Gasteiger partial charge in [-0.25, -0.2) is 0 Å². The summed E-state index contributed by atoms with van der Waals surface area (Å²) in [5, 5.41) is 12.4. The fourth-order valence-corrected chi connectivity index (χ4v) is 9.81. The molecule has 3 heterocycles. The predicted octanol–water partition coefficient (Wildman–Crippen LogP) is 6.91. The van der Waals surface area contributed by atoms with Gasteiger partial charge in [-0.15, -0.1) is 11.8 Å². The van der Waals surface area contributed by atoms with E-state index in [0.717, 1.165) is 45.0 Å². The Kier molecular flexibility index (Phi) is 17.9. The van der Waals surface area contributed by atoms with E-state index in [1.54, 1.807) is 37.0 Å². The molecule has 0 saturated carbocycles. The topological polar surface area (TPSA) is 231 Å². The van der Waals surface area contributed by atoms with Gasteiger partial charge < -0.3 is 37.1 Å². The van der Waals surface area contributed by atoms with Crippen molar-refractivity contribution in [1.29, 1.82) is 0 Å². The Morgan fingerprint density at radius 2 is 1.71 bits per heavy atom. The zero-order chi connectivity index (χ0) is 49.1. The SMILES string of the molecule is CN=C(Nc1cc(Cc2cc(N)c(OC(C)C)cc2C2CCN(C(=O)CCCC(=O)NCCCCNc3cccc4c3C(=O)N(C3CCC(=O)NC3=O)C4=O)CC2)ccc1SC(C)C)/C(Cl)=C\N. The number of anilines is 3. The third-order valence-electron chi connectivity index (χ3n) is 12.1. The Balaban J connectivity index is 0.963. The number of fused-ring (bicyclic) bond motifs is 1. The smallest absolute Gasteiger partial charge is 0.264 e. The summed E-state index contributed by atoms with van der Waals surface area (Å²) in [6.45, 7) is 10.4. The lowest BCUT2D eigenvalue weighted by Gasteiger charge is -2.33. The molecule has 0 aliphatic carbocycles. The van der Waals surface area contributed by atoms with Crippen LogP contribution in [0.4, 0.5) is 17.1 Å². The molecule has 3 aliphatic heterocycles. The fraction of sp³-hybridized carbons (Fsp3) is 0.460. The van der Waals surface area contributed by atoms with Gasteiger partial charge in [-0.3, -0.25) is 44.0 Å². The van der Waals surface area contributed by atoms with E-state index in [4.69, 9.17) is 27.8 Å². The number of hydrogen-bond acceptors (Lipinski definition) is 12. The summed E-state index contributed by atoms with van der Waals surface area (Å²) < 4.78 is 6.15. The number of carbonyl (C=O) groups is 6. The molecule has 3 aromatic carbocycles. The van der Waals surface area contributed by atoms with Gasteiger partial charge >= 0.3 is 0 Å². The molecule has 2 saturated heterocycles. The molecule has 18 heteroatoms. The van der Waals surface area contributed by atoms with Gasteiger partial charge in [-0.2, -0.15) is 0 Å². The molecule has 8 N–H and O–H groups in total. The molecule has 3 aromatic rings. The number of hydrogen-bond donors (Lipinski definition) is 6. The molecule has 68 heavy (non-hydrogen) atoms. The summed E-state index contributed by atoms with van der Waals surface area (Å²) in [6, 6.07) is 14.4. The van der Waals surface area contributed by atoms with Gasteiger partial charge in [0.15, 0.2) is 0 Å². The van der Waals surface area contributed by atoms with Gasteiger partial charge in [-0.1, -0.05) is 37.6 Å². The zero-order valence-corrected chi connectivity index (χ0v) is 41.1. The quantitative estimate of drug-likeness (QED) is 0.0169. The molecular weight excluding hydrogens is 906 g/mol. The summed E-state index contributed by atoms with van der Waals surface area (Å²) in [6.07, 6.45) is 5.86. The van der Waals surface area contributed by atoms with Crippen LogP contribution in [0, 0.1) is 0 Å². The molecule has 16 nitrogen and oxygen atoms in total. The number of imide groups is 2. The Bertz CT molecular complexity index is 2450.